The smallest absolute Gasteiger partial charge is 0.257 e. The third-order valence-corrected chi connectivity index (χ3v) is 3.97. The van der Waals surface area contributed by atoms with Gasteiger partial charge in [0.2, 0.25) is 11.8 Å². The Morgan fingerprint density at radius 2 is 1.72 bits per heavy atom. The summed E-state index contributed by atoms with van der Waals surface area (Å²) in [5.74, 6) is 2.16. The number of ether oxygens (including phenoxy) is 2. The fourth-order valence-corrected chi connectivity index (χ4v) is 2.69. The van der Waals surface area contributed by atoms with E-state index in [1.165, 1.54) is 0 Å². The second-order valence-electron chi connectivity index (χ2n) is 5.62. The Kier molecular flexibility index (Phi) is 2.96. The van der Waals surface area contributed by atoms with E-state index in [1.54, 1.807) is 6.20 Å². The van der Waals surface area contributed by atoms with E-state index in [0.29, 0.717) is 47.8 Å². The van der Waals surface area contributed by atoms with Gasteiger partial charge in [-0.25, -0.2) is 4.98 Å². The molecule has 8 heteroatoms. The molecule has 1 aliphatic rings. The summed E-state index contributed by atoms with van der Waals surface area (Å²) in [4.78, 5) is 4.22. The number of benzene rings is 1. The van der Waals surface area contributed by atoms with Crippen molar-refractivity contribution in [2.75, 3.05) is 13.2 Å². The van der Waals surface area contributed by atoms with Crippen molar-refractivity contribution in [3.05, 3.63) is 36.2 Å². The maximum absolute atomic E-state index is 5.80. The average Bonchev–Trinajstić information content (AvgIpc) is 3.29. The van der Waals surface area contributed by atoms with Gasteiger partial charge in [-0.05, 0) is 31.2 Å². The molecule has 0 bridgehead atoms. The first kappa shape index (κ1) is 14.0. The zero-order valence-corrected chi connectivity index (χ0v) is 13.2. The Hall–Kier alpha value is -3.42. The van der Waals surface area contributed by atoms with Crippen molar-refractivity contribution in [2.45, 2.75) is 6.92 Å². The van der Waals surface area contributed by atoms with E-state index in [9.17, 15) is 0 Å². The highest BCUT2D eigenvalue weighted by Gasteiger charge is 2.17. The molecular formula is C17H12N4O4. The number of hydrogen-bond donors (Lipinski definition) is 0. The summed E-state index contributed by atoms with van der Waals surface area (Å²) in [6.07, 6.45) is 1.62. The van der Waals surface area contributed by atoms with Crippen LogP contribution in [0.1, 0.15) is 5.69 Å². The largest absolute Gasteiger partial charge is 0.486 e. The summed E-state index contributed by atoms with van der Waals surface area (Å²) in [5.41, 5.74) is 2.71. The van der Waals surface area contributed by atoms with Crippen LogP contribution in [0.3, 0.4) is 0 Å². The maximum Gasteiger partial charge on any atom is 0.257 e. The van der Waals surface area contributed by atoms with Gasteiger partial charge in [0.15, 0.2) is 11.5 Å². The highest BCUT2D eigenvalue weighted by molar-refractivity contribution is 5.80. The lowest BCUT2D eigenvalue weighted by Crippen LogP contribution is -2.15. The second-order valence-corrected chi connectivity index (χ2v) is 5.62. The van der Waals surface area contributed by atoms with Gasteiger partial charge in [0, 0.05) is 11.8 Å². The first-order chi connectivity index (χ1) is 12.3. The molecule has 0 radical (unpaired) electrons. The number of nitrogens with zero attached hydrogens (tertiary/aromatic N) is 4. The van der Waals surface area contributed by atoms with Crippen molar-refractivity contribution in [1.82, 2.24) is 20.3 Å². The van der Waals surface area contributed by atoms with Gasteiger partial charge in [-0.1, -0.05) is 5.16 Å². The van der Waals surface area contributed by atoms with Gasteiger partial charge in [0.25, 0.3) is 5.71 Å². The molecule has 0 aliphatic carbocycles. The van der Waals surface area contributed by atoms with Gasteiger partial charge in [-0.2, -0.15) is 0 Å². The molecule has 25 heavy (non-hydrogen) atoms. The van der Waals surface area contributed by atoms with Gasteiger partial charge in [0.05, 0.1) is 16.6 Å². The van der Waals surface area contributed by atoms with Crippen LogP contribution in [0.2, 0.25) is 0 Å². The fourth-order valence-electron chi connectivity index (χ4n) is 2.69. The quantitative estimate of drug-likeness (QED) is 0.551. The molecule has 0 N–H and O–H groups in total. The van der Waals surface area contributed by atoms with Gasteiger partial charge in [-0.15, -0.1) is 10.2 Å². The minimum Gasteiger partial charge on any atom is -0.486 e. The van der Waals surface area contributed by atoms with Crippen molar-refractivity contribution in [3.8, 4) is 34.4 Å². The van der Waals surface area contributed by atoms with Crippen molar-refractivity contribution >= 4 is 11.1 Å². The topological polar surface area (TPSA) is 96.3 Å². The predicted octanol–water partition coefficient (Wildman–Crippen LogP) is 3.02. The SMILES string of the molecule is Cc1noc2ncc(-c3nnc(-c4ccc5c(c4)OCCO5)o3)cc12. The zero-order valence-electron chi connectivity index (χ0n) is 13.2. The van der Waals surface area contributed by atoms with Gasteiger partial charge in [-0.3, -0.25) is 0 Å². The molecule has 0 saturated carbocycles. The molecule has 0 unspecified atom stereocenters. The molecular weight excluding hydrogens is 324 g/mol. The molecule has 0 fully saturated rings. The number of pyridine rings is 1. The number of fused-ring (bicyclic) bond motifs is 2. The zero-order chi connectivity index (χ0) is 16.8. The van der Waals surface area contributed by atoms with E-state index in [-0.39, 0.29) is 0 Å². The van der Waals surface area contributed by atoms with Crippen molar-refractivity contribution in [2.24, 2.45) is 0 Å². The molecule has 0 amide bonds. The Balaban J connectivity index is 1.53. The molecule has 0 spiro atoms. The number of aromatic nitrogens is 4. The summed E-state index contributed by atoms with van der Waals surface area (Å²) in [6.45, 7) is 2.93. The number of aryl methyl sites for hydroxylation is 1. The Labute approximate surface area is 141 Å². The van der Waals surface area contributed by atoms with Crippen molar-refractivity contribution in [3.63, 3.8) is 0 Å². The molecule has 0 atom stereocenters. The van der Waals surface area contributed by atoms with Crippen LogP contribution < -0.4 is 9.47 Å². The summed E-state index contributed by atoms with van der Waals surface area (Å²) >= 11 is 0. The van der Waals surface area contributed by atoms with Crippen molar-refractivity contribution in [1.29, 1.82) is 0 Å². The Morgan fingerprint density at radius 1 is 0.920 bits per heavy atom. The highest BCUT2D eigenvalue weighted by atomic mass is 16.6. The summed E-state index contributed by atoms with van der Waals surface area (Å²) < 4.78 is 22.0. The summed E-state index contributed by atoms with van der Waals surface area (Å²) in [5, 5.41) is 12.9. The van der Waals surface area contributed by atoms with Gasteiger partial charge >= 0.3 is 0 Å². The molecule has 5 rings (SSSR count). The first-order valence-corrected chi connectivity index (χ1v) is 7.74. The van der Waals surface area contributed by atoms with Crippen molar-refractivity contribution < 1.29 is 18.4 Å². The van der Waals surface area contributed by atoms with Gasteiger partial charge < -0.3 is 18.4 Å². The minimum atomic E-state index is 0.375. The van der Waals surface area contributed by atoms with Crippen LogP contribution in [0.5, 0.6) is 11.5 Å². The Morgan fingerprint density at radius 3 is 2.60 bits per heavy atom. The molecule has 3 aromatic heterocycles. The first-order valence-electron chi connectivity index (χ1n) is 7.74. The van der Waals surface area contributed by atoms with Crippen LogP contribution in [0.25, 0.3) is 34.0 Å². The lowest BCUT2D eigenvalue weighted by atomic mass is 10.2. The minimum absolute atomic E-state index is 0.375. The molecule has 1 aliphatic heterocycles. The van der Waals surface area contributed by atoms with Crippen LogP contribution in [0, 0.1) is 6.92 Å². The average molecular weight is 336 g/mol. The third kappa shape index (κ3) is 2.30. The normalized spacial score (nSPS) is 13.3. The molecule has 124 valence electrons. The molecule has 0 saturated heterocycles. The Bertz CT molecular complexity index is 1090. The number of hydrogen-bond acceptors (Lipinski definition) is 8. The lowest BCUT2D eigenvalue weighted by molar-refractivity contribution is 0.171. The van der Waals surface area contributed by atoms with Gasteiger partial charge in [0.1, 0.15) is 13.2 Å². The van der Waals surface area contributed by atoms with E-state index < -0.39 is 0 Å². The van der Waals surface area contributed by atoms with Crippen LogP contribution in [0.4, 0.5) is 0 Å². The highest BCUT2D eigenvalue weighted by Crippen LogP contribution is 2.35. The van der Waals surface area contributed by atoms with Crippen LogP contribution in [-0.4, -0.2) is 33.6 Å². The summed E-state index contributed by atoms with van der Waals surface area (Å²) in [6, 6.07) is 7.39. The summed E-state index contributed by atoms with van der Waals surface area (Å²) in [7, 11) is 0. The molecule has 1 aromatic carbocycles. The molecule has 8 nitrogen and oxygen atoms in total. The number of rotatable bonds is 2. The molecule has 4 aromatic rings. The van der Waals surface area contributed by atoms with Crippen LogP contribution in [0.15, 0.2) is 39.4 Å². The van der Waals surface area contributed by atoms with E-state index >= 15 is 0 Å². The van der Waals surface area contributed by atoms with E-state index in [1.807, 2.05) is 31.2 Å². The van der Waals surface area contributed by atoms with E-state index in [0.717, 1.165) is 16.6 Å². The maximum atomic E-state index is 5.80. The van der Waals surface area contributed by atoms with E-state index in [2.05, 4.69) is 20.3 Å². The van der Waals surface area contributed by atoms with E-state index in [4.69, 9.17) is 18.4 Å². The van der Waals surface area contributed by atoms with Crippen LogP contribution in [-0.2, 0) is 0 Å². The second kappa shape index (κ2) is 5.30. The predicted molar refractivity (Wildman–Crippen MR) is 86.3 cm³/mol. The standard InChI is InChI=1S/C17H12N4O4/c1-9-12-6-11(8-18-17(12)25-21-9)16-20-19-15(24-16)10-2-3-13-14(7-10)23-5-4-22-13/h2-3,6-8H,4-5H2,1H3. The van der Waals surface area contributed by atoms with Crippen LogP contribution >= 0.6 is 0 Å². The third-order valence-electron chi connectivity index (χ3n) is 3.97. The molecule has 4 heterocycles. The fraction of sp³-hybridized carbons (Fsp3) is 0.176. The monoisotopic (exact) mass is 336 g/mol. The lowest BCUT2D eigenvalue weighted by Gasteiger charge is -2.18.